The Morgan fingerprint density at radius 1 is 1.04 bits per heavy atom. The van der Waals surface area contributed by atoms with E-state index in [1.807, 2.05) is 31.2 Å². The standard InChI is InChI=1S/C22H30N2O2S/c1-15-3-2-4-19(5-15)24-21(26)13-27-12-20(25)23-14-22-9-16-6-17(10-22)8-18(7-16)11-22/h2-5,16-18H,6-14H2,1H3,(H,23,25)(H,24,26). The van der Waals surface area contributed by atoms with Crippen LogP contribution in [0.2, 0.25) is 0 Å². The summed E-state index contributed by atoms with van der Waals surface area (Å²) in [5, 5.41) is 6.07. The summed E-state index contributed by atoms with van der Waals surface area (Å²) < 4.78 is 0. The van der Waals surface area contributed by atoms with Gasteiger partial charge in [-0.3, -0.25) is 9.59 Å². The van der Waals surface area contributed by atoms with Crippen molar-refractivity contribution in [3.05, 3.63) is 29.8 Å². The lowest BCUT2D eigenvalue weighted by molar-refractivity contribution is -0.120. The number of hydrogen-bond donors (Lipinski definition) is 2. The van der Waals surface area contributed by atoms with E-state index < -0.39 is 0 Å². The Morgan fingerprint density at radius 3 is 2.30 bits per heavy atom. The number of carbonyl (C=O) groups excluding carboxylic acids is 2. The Labute approximate surface area is 166 Å². The summed E-state index contributed by atoms with van der Waals surface area (Å²) in [4.78, 5) is 24.3. The fraction of sp³-hybridized carbons (Fsp3) is 0.636. The molecule has 0 heterocycles. The van der Waals surface area contributed by atoms with Crippen LogP contribution in [0.4, 0.5) is 5.69 Å². The lowest BCUT2D eigenvalue weighted by Gasteiger charge is -2.56. The molecule has 0 unspecified atom stereocenters. The highest BCUT2D eigenvalue weighted by atomic mass is 32.2. The minimum absolute atomic E-state index is 0.0560. The molecule has 5 rings (SSSR count). The van der Waals surface area contributed by atoms with Crippen molar-refractivity contribution < 1.29 is 9.59 Å². The van der Waals surface area contributed by atoms with Crippen LogP contribution >= 0.6 is 11.8 Å². The van der Waals surface area contributed by atoms with Crippen LogP contribution in [0.1, 0.15) is 44.1 Å². The molecule has 1 aromatic carbocycles. The zero-order chi connectivity index (χ0) is 18.9. The van der Waals surface area contributed by atoms with Crippen molar-refractivity contribution in [1.82, 2.24) is 5.32 Å². The molecule has 4 bridgehead atoms. The van der Waals surface area contributed by atoms with Gasteiger partial charge in [0.2, 0.25) is 11.8 Å². The van der Waals surface area contributed by atoms with Crippen molar-refractivity contribution in [2.45, 2.75) is 45.4 Å². The summed E-state index contributed by atoms with van der Waals surface area (Å²) >= 11 is 1.39. The van der Waals surface area contributed by atoms with Gasteiger partial charge in [-0.1, -0.05) is 12.1 Å². The average molecular weight is 387 g/mol. The Hall–Kier alpha value is -1.49. The van der Waals surface area contributed by atoms with Crippen molar-refractivity contribution in [3.8, 4) is 0 Å². The first-order chi connectivity index (χ1) is 13.0. The van der Waals surface area contributed by atoms with Crippen molar-refractivity contribution in [1.29, 1.82) is 0 Å². The number of rotatable bonds is 7. The maximum absolute atomic E-state index is 12.3. The van der Waals surface area contributed by atoms with Crippen LogP contribution in [0, 0.1) is 30.1 Å². The van der Waals surface area contributed by atoms with E-state index in [4.69, 9.17) is 0 Å². The van der Waals surface area contributed by atoms with Gasteiger partial charge in [0.25, 0.3) is 0 Å². The normalized spacial score (nSPS) is 30.9. The molecule has 2 N–H and O–H groups in total. The van der Waals surface area contributed by atoms with Gasteiger partial charge < -0.3 is 10.6 Å². The van der Waals surface area contributed by atoms with Crippen LogP contribution in [-0.2, 0) is 9.59 Å². The van der Waals surface area contributed by atoms with E-state index in [0.29, 0.717) is 16.9 Å². The molecule has 0 radical (unpaired) electrons. The first kappa shape index (κ1) is 18.9. The smallest absolute Gasteiger partial charge is 0.234 e. The molecule has 0 aliphatic heterocycles. The second-order valence-electron chi connectivity index (χ2n) is 9.10. The van der Waals surface area contributed by atoms with Gasteiger partial charge in [0.1, 0.15) is 0 Å². The molecule has 4 fully saturated rings. The Morgan fingerprint density at radius 2 is 1.67 bits per heavy atom. The van der Waals surface area contributed by atoms with E-state index in [1.165, 1.54) is 50.3 Å². The molecule has 4 aliphatic rings. The van der Waals surface area contributed by atoms with E-state index >= 15 is 0 Å². The topological polar surface area (TPSA) is 58.2 Å². The molecule has 146 valence electrons. The number of benzene rings is 1. The molecule has 4 aliphatic carbocycles. The first-order valence-corrected chi connectivity index (χ1v) is 11.4. The monoisotopic (exact) mass is 386 g/mol. The van der Waals surface area contributed by atoms with Gasteiger partial charge >= 0.3 is 0 Å². The van der Waals surface area contributed by atoms with Gasteiger partial charge in [0, 0.05) is 12.2 Å². The van der Waals surface area contributed by atoms with Crippen molar-refractivity contribution in [2.75, 3.05) is 23.4 Å². The third-order valence-electron chi connectivity index (χ3n) is 6.59. The fourth-order valence-electron chi connectivity index (χ4n) is 6.00. The SMILES string of the molecule is Cc1cccc(NC(=O)CSCC(=O)NCC23CC4CC(CC(C4)C2)C3)c1. The summed E-state index contributed by atoms with van der Waals surface area (Å²) in [5.41, 5.74) is 2.30. The van der Waals surface area contributed by atoms with Crippen LogP contribution in [0.25, 0.3) is 0 Å². The number of anilines is 1. The number of aryl methyl sites for hydroxylation is 1. The summed E-state index contributed by atoms with van der Waals surface area (Å²) in [7, 11) is 0. The van der Waals surface area contributed by atoms with Gasteiger partial charge in [-0.15, -0.1) is 11.8 Å². The van der Waals surface area contributed by atoms with Crippen LogP contribution < -0.4 is 10.6 Å². The number of carbonyl (C=O) groups is 2. The summed E-state index contributed by atoms with van der Waals surface area (Å²) in [6.45, 7) is 2.84. The number of nitrogens with one attached hydrogen (secondary N) is 2. The third-order valence-corrected chi connectivity index (χ3v) is 7.53. The fourth-order valence-corrected chi connectivity index (χ4v) is 6.65. The molecule has 5 heteroatoms. The summed E-state index contributed by atoms with van der Waals surface area (Å²) in [6.07, 6.45) is 8.22. The summed E-state index contributed by atoms with van der Waals surface area (Å²) in [5.74, 6) is 3.40. The van der Waals surface area contributed by atoms with E-state index in [9.17, 15) is 9.59 Å². The molecular formula is C22H30N2O2S. The minimum atomic E-state index is -0.0560. The molecule has 27 heavy (non-hydrogen) atoms. The van der Waals surface area contributed by atoms with E-state index in [2.05, 4.69) is 10.6 Å². The average Bonchev–Trinajstić information content (AvgIpc) is 2.59. The van der Waals surface area contributed by atoms with E-state index in [0.717, 1.165) is 35.5 Å². The predicted octanol–water partition coefficient (Wildman–Crippen LogP) is 4.00. The predicted molar refractivity (Wildman–Crippen MR) is 111 cm³/mol. The molecule has 4 saturated carbocycles. The van der Waals surface area contributed by atoms with Gasteiger partial charge in [-0.2, -0.15) is 0 Å². The zero-order valence-corrected chi connectivity index (χ0v) is 16.9. The van der Waals surface area contributed by atoms with E-state index in [-0.39, 0.29) is 11.8 Å². The number of amides is 2. The maximum atomic E-state index is 12.3. The van der Waals surface area contributed by atoms with Gasteiger partial charge in [0.05, 0.1) is 11.5 Å². The third kappa shape index (κ3) is 4.68. The first-order valence-electron chi connectivity index (χ1n) is 10.2. The van der Waals surface area contributed by atoms with Crippen molar-refractivity contribution in [2.24, 2.45) is 23.2 Å². The lowest BCUT2D eigenvalue weighted by Crippen LogP contribution is -2.51. The molecule has 1 aromatic rings. The van der Waals surface area contributed by atoms with Crippen LogP contribution in [0.5, 0.6) is 0 Å². The highest BCUT2D eigenvalue weighted by molar-refractivity contribution is 8.00. The molecule has 0 atom stereocenters. The molecule has 0 aromatic heterocycles. The maximum Gasteiger partial charge on any atom is 0.234 e. The van der Waals surface area contributed by atoms with Gasteiger partial charge in [-0.25, -0.2) is 0 Å². The van der Waals surface area contributed by atoms with Gasteiger partial charge in [-0.05, 0) is 86.3 Å². The second kappa shape index (κ2) is 7.86. The molecule has 0 saturated heterocycles. The highest BCUT2D eigenvalue weighted by Crippen LogP contribution is 2.59. The molecule has 4 nitrogen and oxygen atoms in total. The molecule has 2 amide bonds. The Balaban J connectivity index is 1.17. The van der Waals surface area contributed by atoms with Crippen LogP contribution in [0.15, 0.2) is 24.3 Å². The number of thioether (sulfide) groups is 1. The molecule has 0 spiro atoms. The van der Waals surface area contributed by atoms with Crippen LogP contribution in [0.3, 0.4) is 0 Å². The lowest BCUT2D eigenvalue weighted by atomic mass is 9.49. The summed E-state index contributed by atoms with van der Waals surface area (Å²) in [6, 6.07) is 7.75. The van der Waals surface area contributed by atoms with Crippen molar-refractivity contribution in [3.63, 3.8) is 0 Å². The van der Waals surface area contributed by atoms with Crippen molar-refractivity contribution >= 4 is 29.3 Å². The van der Waals surface area contributed by atoms with Crippen LogP contribution in [-0.4, -0.2) is 29.9 Å². The second-order valence-corrected chi connectivity index (χ2v) is 10.1. The Bertz CT molecular complexity index is 683. The highest BCUT2D eigenvalue weighted by Gasteiger charge is 2.50. The van der Waals surface area contributed by atoms with Gasteiger partial charge in [0.15, 0.2) is 0 Å². The largest absolute Gasteiger partial charge is 0.355 e. The number of hydrogen-bond acceptors (Lipinski definition) is 3. The molecular weight excluding hydrogens is 356 g/mol. The minimum Gasteiger partial charge on any atom is -0.355 e. The van der Waals surface area contributed by atoms with E-state index in [1.54, 1.807) is 0 Å². The Kier molecular flexibility index (Phi) is 5.49. The quantitative estimate of drug-likeness (QED) is 0.745. The zero-order valence-electron chi connectivity index (χ0n) is 16.1.